The predicted octanol–water partition coefficient (Wildman–Crippen LogP) is 1.05. The molecule has 1 saturated heterocycles. The molecule has 20 heavy (non-hydrogen) atoms. The Hall–Kier alpha value is -0.980. The van der Waals surface area contributed by atoms with Crippen molar-refractivity contribution in [3.8, 4) is 0 Å². The predicted molar refractivity (Wildman–Crippen MR) is 76.8 cm³/mol. The van der Waals surface area contributed by atoms with Gasteiger partial charge in [-0.25, -0.2) is 0 Å². The van der Waals surface area contributed by atoms with Crippen LogP contribution in [0.2, 0.25) is 0 Å². The highest BCUT2D eigenvalue weighted by Crippen LogP contribution is 2.24. The summed E-state index contributed by atoms with van der Waals surface area (Å²) in [5.74, 6) is 1.68. The third kappa shape index (κ3) is 3.77. The molecule has 6 heteroatoms. The molecule has 1 aliphatic heterocycles. The Kier molecular flexibility index (Phi) is 5.94. The molecule has 0 saturated carbocycles. The number of hydrogen-bond acceptors (Lipinski definition) is 6. The van der Waals surface area contributed by atoms with Crippen LogP contribution in [0.3, 0.4) is 0 Å². The van der Waals surface area contributed by atoms with Gasteiger partial charge in [-0.15, -0.1) is 0 Å². The fraction of sp³-hybridized carbons (Fsp3) is 0.857. The lowest BCUT2D eigenvalue weighted by Gasteiger charge is -2.28. The Bertz CT molecular complexity index is 392. The van der Waals surface area contributed by atoms with Gasteiger partial charge in [0.1, 0.15) is 0 Å². The van der Waals surface area contributed by atoms with Crippen molar-refractivity contribution in [2.24, 2.45) is 0 Å². The van der Waals surface area contributed by atoms with E-state index in [1.54, 1.807) is 0 Å². The highest BCUT2D eigenvalue weighted by Gasteiger charge is 2.30. The van der Waals surface area contributed by atoms with Crippen LogP contribution < -0.4 is 5.32 Å². The van der Waals surface area contributed by atoms with E-state index in [0.29, 0.717) is 18.5 Å². The van der Waals surface area contributed by atoms with Crippen molar-refractivity contribution >= 4 is 0 Å². The molecule has 2 heterocycles. The van der Waals surface area contributed by atoms with Crippen molar-refractivity contribution < 1.29 is 9.26 Å². The lowest BCUT2D eigenvalue weighted by Crippen LogP contribution is -2.39. The van der Waals surface area contributed by atoms with Gasteiger partial charge in [0, 0.05) is 25.6 Å². The molecule has 1 aromatic heterocycles. The third-order valence-electron chi connectivity index (χ3n) is 4.07. The summed E-state index contributed by atoms with van der Waals surface area (Å²) in [6.07, 6.45) is 1.82. The van der Waals surface area contributed by atoms with Gasteiger partial charge >= 0.3 is 0 Å². The number of hydrogen-bond donors (Lipinski definition) is 1. The molecule has 0 radical (unpaired) electrons. The summed E-state index contributed by atoms with van der Waals surface area (Å²) >= 11 is 0. The molecule has 0 aliphatic carbocycles. The zero-order valence-electron chi connectivity index (χ0n) is 12.8. The molecule has 6 nitrogen and oxygen atoms in total. The quantitative estimate of drug-likeness (QED) is 0.806. The molecular formula is C14H26N4O2. The Morgan fingerprint density at radius 3 is 2.85 bits per heavy atom. The Balaban J connectivity index is 1.94. The molecule has 0 amide bonds. The van der Waals surface area contributed by atoms with Gasteiger partial charge in [-0.05, 0) is 26.6 Å². The van der Waals surface area contributed by atoms with Crippen LogP contribution in [-0.4, -0.2) is 61.0 Å². The van der Waals surface area contributed by atoms with Crippen LogP contribution in [0.15, 0.2) is 4.52 Å². The Morgan fingerprint density at radius 1 is 1.35 bits per heavy atom. The first-order valence-corrected chi connectivity index (χ1v) is 7.58. The maximum absolute atomic E-state index is 5.53. The molecule has 114 valence electrons. The van der Waals surface area contributed by atoms with Gasteiger partial charge in [0.25, 0.3) is 0 Å². The molecule has 2 unspecified atom stereocenters. The second-order valence-electron chi connectivity index (χ2n) is 5.19. The van der Waals surface area contributed by atoms with Crippen LogP contribution in [0.4, 0.5) is 0 Å². The lowest BCUT2D eigenvalue weighted by atomic mass is 9.96. The summed E-state index contributed by atoms with van der Waals surface area (Å²) in [6, 6.07) is 0.361. The van der Waals surface area contributed by atoms with Gasteiger partial charge in [0.15, 0.2) is 5.82 Å². The van der Waals surface area contributed by atoms with Crippen molar-refractivity contribution in [3.05, 3.63) is 11.7 Å². The van der Waals surface area contributed by atoms with Gasteiger partial charge in [0.2, 0.25) is 5.89 Å². The van der Waals surface area contributed by atoms with Crippen LogP contribution in [0, 0.1) is 0 Å². The van der Waals surface area contributed by atoms with E-state index < -0.39 is 0 Å². The summed E-state index contributed by atoms with van der Waals surface area (Å²) in [7, 11) is 1.97. The van der Waals surface area contributed by atoms with E-state index in [4.69, 9.17) is 9.26 Å². The minimum atomic E-state index is 0.170. The van der Waals surface area contributed by atoms with Crippen LogP contribution >= 0.6 is 0 Å². The summed E-state index contributed by atoms with van der Waals surface area (Å²) < 4.78 is 11.0. The molecule has 0 bridgehead atoms. The van der Waals surface area contributed by atoms with E-state index in [1.807, 2.05) is 7.05 Å². The average molecular weight is 282 g/mol. The number of aromatic nitrogens is 2. The summed E-state index contributed by atoms with van der Waals surface area (Å²) in [5.41, 5.74) is 0. The van der Waals surface area contributed by atoms with Crippen molar-refractivity contribution in [2.45, 2.75) is 38.6 Å². The van der Waals surface area contributed by atoms with Gasteiger partial charge < -0.3 is 19.5 Å². The standard InChI is InChI=1S/C14H26N4O2/c1-4-18(5-2)8-6-13-16-14(20-17-13)11-10-19-9-7-12(11)15-3/h11-12,15H,4-10H2,1-3H3. The molecular weight excluding hydrogens is 256 g/mol. The molecule has 1 aromatic rings. The second-order valence-corrected chi connectivity index (χ2v) is 5.19. The van der Waals surface area contributed by atoms with Crippen molar-refractivity contribution in [1.29, 1.82) is 0 Å². The summed E-state index contributed by atoms with van der Waals surface area (Å²) in [4.78, 5) is 6.91. The van der Waals surface area contributed by atoms with E-state index in [9.17, 15) is 0 Å². The highest BCUT2D eigenvalue weighted by atomic mass is 16.5. The molecule has 1 N–H and O–H groups in total. The molecule has 0 aromatic carbocycles. The van der Waals surface area contributed by atoms with Gasteiger partial charge in [-0.2, -0.15) is 4.98 Å². The van der Waals surface area contributed by atoms with Crippen molar-refractivity contribution in [3.63, 3.8) is 0 Å². The van der Waals surface area contributed by atoms with Gasteiger partial charge in [0.05, 0.1) is 12.5 Å². The SMILES string of the molecule is CCN(CC)CCc1noc(C2COCCC2NC)n1. The first kappa shape index (κ1) is 15.4. The second kappa shape index (κ2) is 7.71. The summed E-state index contributed by atoms with van der Waals surface area (Å²) in [5, 5.41) is 7.42. The zero-order valence-corrected chi connectivity index (χ0v) is 12.8. The number of nitrogens with zero attached hydrogens (tertiary/aromatic N) is 3. The topological polar surface area (TPSA) is 63.4 Å². The third-order valence-corrected chi connectivity index (χ3v) is 4.07. The fourth-order valence-electron chi connectivity index (χ4n) is 2.64. The van der Waals surface area contributed by atoms with E-state index in [-0.39, 0.29) is 5.92 Å². The minimum Gasteiger partial charge on any atom is -0.381 e. The number of likely N-dealkylation sites (N-methyl/N-ethyl adjacent to an activating group) is 2. The number of rotatable bonds is 7. The maximum atomic E-state index is 5.53. The minimum absolute atomic E-state index is 0.170. The average Bonchev–Trinajstić information content (AvgIpc) is 2.97. The smallest absolute Gasteiger partial charge is 0.233 e. The van der Waals surface area contributed by atoms with E-state index in [1.165, 1.54) is 0 Å². The first-order valence-electron chi connectivity index (χ1n) is 7.58. The number of nitrogens with one attached hydrogen (secondary N) is 1. The number of ether oxygens (including phenoxy) is 1. The Labute approximate surface area is 120 Å². The van der Waals surface area contributed by atoms with E-state index >= 15 is 0 Å². The lowest BCUT2D eigenvalue weighted by molar-refractivity contribution is 0.0516. The molecule has 0 spiro atoms. The normalized spacial score (nSPS) is 23.4. The van der Waals surface area contributed by atoms with Gasteiger partial charge in [-0.1, -0.05) is 19.0 Å². The van der Waals surface area contributed by atoms with Gasteiger partial charge in [-0.3, -0.25) is 0 Å². The monoisotopic (exact) mass is 282 g/mol. The Morgan fingerprint density at radius 2 is 2.15 bits per heavy atom. The van der Waals surface area contributed by atoms with E-state index in [2.05, 4.69) is 34.2 Å². The molecule has 1 fully saturated rings. The fourth-order valence-corrected chi connectivity index (χ4v) is 2.64. The largest absolute Gasteiger partial charge is 0.381 e. The van der Waals surface area contributed by atoms with Crippen LogP contribution in [0.1, 0.15) is 37.9 Å². The van der Waals surface area contributed by atoms with Crippen LogP contribution in [0.5, 0.6) is 0 Å². The van der Waals surface area contributed by atoms with Crippen LogP contribution in [-0.2, 0) is 11.2 Å². The molecule has 2 rings (SSSR count). The molecule has 2 atom stereocenters. The zero-order chi connectivity index (χ0) is 14.4. The van der Waals surface area contributed by atoms with Crippen LogP contribution in [0.25, 0.3) is 0 Å². The molecule has 1 aliphatic rings. The van der Waals surface area contributed by atoms with Crippen molar-refractivity contribution in [2.75, 3.05) is 39.9 Å². The van der Waals surface area contributed by atoms with E-state index in [0.717, 1.165) is 44.9 Å². The first-order chi connectivity index (χ1) is 9.78. The summed E-state index contributed by atoms with van der Waals surface area (Å²) in [6.45, 7) is 8.87. The van der Waals surface area contributed by atoms with Crippen molar-refractivity contribution in [1.82, 2.24) is 20.4 Å². The maximum Gasteiger partial charge on any atom is 0.233 e. The highest BCUT2D eigenvalue weighted by molar-refractivity contribution is 5.01.